The molecule has 8 nitrogen and oxygen atoms in total. The lowest BCUT2D eigenvalue weighted by molar-refractivity contribution is 0.0728. The molecule has 0 spiro atoms. The van der Waals surface area contributed by atoms with E-state index >= 15 is 0 Å². The lowest BCUT2D eigenvalue weighted by atomic mass is 9.98. The van der Waals surface area contributed by atoms with Crippen LogP contribution in [0.1, 0.15) is 40.5 Å². The number of carbonyl (C=O) groups excluding carboxylic acids is 1. The number of aromatic nitrogens is 3. The molecule has 2 aliphatic rings. The minimum absolute atomic E-state index is 0. The van der Waals surface area contributed by atoms with Crippen LogP contribution in [0.15, 0.2) is 18.3 Å². The Kier molecular flexibility index (Phi) is 6.41. The Morgan fingerprint density at radius 1 is 1.14 bits per heavy atom. The van der Waals surface area contributed by atoms with Crippen LogP contribution in [0.2, 0.25) is 0 Å². The van der Waals surface area contributed by atoms with Crippen molar-refractivity contribution >= 4 is 18.3 Å². The quantitative estimate of drug-likeness (QED) is 0.832. The highest BCUT2D eigenvalue weighted by Gasteiger charge is 2.26. The lowest BCUT2D eigenvalue weighted by Crippen LogP contribution is -2.36. The van der Waals surface area contributed by atoms with Gasteiger partial charge in [0.2, 0.25) is 0 Å². The molecule has 0 aliphatic carbocycles. The lowest BCUT2D eigenvalue weighted by Gasteiger charge is -2.29. The first kappa shape index (κ1) is 20.4. The predicted octanol–water partition coefficient (Wildman–Crippen LogP) is 1.84. The van der Waals surface area contributed by atoms with Crippen molar-refractivity contribution in [1.29, 1.82) is 0 Å². The fourth-order valence-electron chi connectivity index (χ4n) is 3.84. The van der Waals surface area contributed by atoms with Gasteiger partial charge in [-0.05, 0) is 55.6 Å². The van der Waals surface area contributed by atoms with Crippen LogP contribution < -0.4 is 14.8 Å². The molecule has 28 heavy (non-hydrogen) atoms. The van der Waals surface area contributed by atoms with Gasteiger partial charge in [-0.15, -0.1) is 17.5 Å². The normalized spacial score (nSPS) is 16.9. The third-order valence-corrected chi connectivity index (χ3v) is 5.42. The molecule has 1 N–H and O–H groups in total. The van der Waals surface area contributed by atoms with E-state index in [1.165, 1.54) is 5.56 Å². The van der Waals surface area contributed by atoms with Crippen molar-refractivity contribution < 1.29 is 14.3 Å². The Morgan fingerprint density at radius 3 is 2.50 bits per heavy atom. The monoisotopic (exact) mass is 407 g/mol. The van der Waals surface area contributed by atoms with Crippen LogP contribution in [0.5, 0.6) is 11.5 Å². The number of benzene rings is 1. The van der Waals surface area contributed by atoms with Crippen LogP contribution in [0, 0.1) is 0 Å². The molecule has 1 saturated heterocycles. The molecular weight excluding hydrogens is 382 g/mol. The number of hydrogen-bond donors (Lipinski definition) is 1. The molecule has 1 amide bonds. The molecule has 1 aromatic heterocycles. The average molecular weight is 408 g/mol. The van der Waals surface area contributed by atoms with Crippen molar-refractivity contribution in [2.75, 3.05) is 33.9 Å². The van der Waals surface area contributed by atoms with Crippen molar-refractivity contribution in [3.05, 3.63) is 35.2 Å². The van der Waals surface area contributed by atoms with Crippen molar-refractivity contribution in [2.24, 2.45) is 0 Å². The topological polar surface area (TPSA) is 81.5 Å². The molecule has 1 fully saturated rings. The van der Waals surface area contributed by atoms with Crippen LogP contribution in [-0.4, -0.2) is 59.7 Å². The number of halogens is 1. The number of piperidine rings is 1. The Balaban J connectivity index is 0.00000225. The van der Waals surface area contributed by atoms with E-state index in [9.17, 15) is 4.79 Å². The van der Waals surface area contributed by atoms with E-state index in [4.69, 9.17) is 9.47 Å². The summed E-state index contributed by atoms with van der Waals surface area (Å²) in [6.07, 6.45) is 4.59. The number of carbonyl (C=O) groups is 1. The van der Waals surface area contributed by atoms with Gasteiger partial charge < -0.3 is 19.7 Å². The van der Waals surface area contributed by atoms with Crippen LogP contribution in [0.3, 0.4) is 0 Å². The molecule has 4 rings (SSSR count). The minimum atomic E-state index is -0.0735. The molecule has 9 heteroatoms. The second-order valence-corrected chi connectivity index (χ2v) is 7.02. The van der Waals surface area contributed by atoms with E-state index in [1.54, 1.807) is 20.4 Å². The van der Waals surface area contributed by atoms with Crippen LogP contribution in [-0.2, 0) is 13.0 Å². The van der Waals surface area contributed by atoms with Gasteiger partial charge in [-0.25, -0.2) is 4.68 Å². The van der Waals surface area contributed by atoms with E-state index in [0.29, 0.717) is 30.6 Å². The molecule has 0 radical (unpaired) electrons. The largest absolute Gasteiger partial charge is 0.493 e. The Labute approximate surface area is 170 Å². The standard InChI is InChI=1S/C19H25N5O3.ClH/c1-26-17-9-13-5-8-23(11-14(13)10-18(17)27-2)19(25)16-12-24(22-21-16)15-3-6-20-7-4-15;/h9-10,12,15,20H,3-8,11H2,1-2H3;1H. The van der Waals surface area contributed by atoms with E-state index in [2.05, 4.69) is 15.6 Å². The zero-order valence-corrected chi connectivity index (χ0v) is 17.0. The molecular formula is C19H26ClN5O3. The molecule has 2 aromatic rings. The van der Waals surface area contributed by atoms with Crippen LogP contribution in [0.25, 0.3) is 0 Å². The number of amides is 1. The number of ether oxygens (including phenoxy) is 2. The van der Waals surface area contributed by atoms with Crippen molar-refractivity contribution in [1.82, 2.24) is 25.2 Å². The molecule has 0 atom stereocenters. The third-order valence-electron chi connectivity index (χ3n) is 5.42. The number of nitrogens with zero attached hydrogens (tertiary/aromatic N) is 4. The molecule has 3 heterocycles. The summed E-state index contributed by atoms with van der Waals surface area (Å²) >= 11 is 0. The Hall–Kier alpha value is -2.32. The zero-order valence-electron chi connectivity index (χ0n) is 16.2. The summed E-state index contributed by atoms with van der Waals surface area (Å²) in [5, 5.41) is 11.7. The molecule has 0 bridgehead atoms. The highest BCUT2D eigenvalue weighted by molar-refractivity contribution is 5.92. The van der Waals surface area contributed by atoms with Gasteiger partial charge in [-0.1, -0.05) is 5.21 Å². The third kappa shape index (κ3) is 3.93. The summed E-state index contributed by atoms with van der Waals surface area (Å²) in [7, 11) is 3.25. The maximum absolute atomic E-state index is 12.9. The number of nitrogens with one attached hydrogen (secondary N) is 1. The van der Waals surface area contributed by atoms with Crippen LogP contribution in [0.4, 0.5) is 0 Å². The maximum atomic E-state index is 12.9. The number of fused-ring (bicyclic) bond motifs is 1. The zero-order chi connectivity index (χ0) is 18.8. The SMILES string of the molecule is COc1cc2c(cc1OC)CN(C(=O)c1cn(C3CCNCC3)nn1)CC2.Cl. The summed E-state index contributed by atoms with van der Waals surface area (Å²) < 4.78 is 12.6. The fraction of sp³-hybridized carbons (Fsp3) is 0.526. The summed E-state index contributed by atoms with van der Waals surface area (Å²) in [6, 6.07) is 4.28. The van der Waals surface area contributed by atoms with Gasteiger partial charge in [-0.3, -0.25) is 4.79 Å². The molecule has 0 unspecified atom stereocenters. The maximum Gasteiger partial charge on any atom is 0.276 e. The van der Waals surface area contributed by atoms with Crippen molar-refractivity contribution in [3.8, 4) is 11.5 Å². The molecule has 2 aliphatic heterocycles. The van der Waals surface area contributed by atoms with Crippen molar-refractivity contribution in [2.45, 2.75) is 31.8 Å². The van der Waals surface area contributed by atoms with Gasteiger partial charge >= 0.3 is 0 Å². The van der Waals surface area contributed by atoms with Gasteiger partial charge in [0.05, 0.1) is 26.5 Å². The van der Waals surface area contributed by atoms with E-state index in [1.807, 2.05) is 21.7 Å². The van der Waals surface area contributed by atoms with Gasteiger partial charge in [0.25, 0.3) is 5.91 Å². The number of rotatable bonds is 4. The highest BCUT2D eigenvalue weighted by Crippen LogP contribution is 2.33. The van der Waals surface area contributed by atoms with E-state index in [-0.39, 0.29) is 18.3 Å². The highest BCUT2D eigenvalue weighted by atomic mass is 35.5. The Morgan fingerprint density at radius 2 is 1.82 bits per heavy atom. The van der Waals surface area contributed by atoms with E-state index in [0.717, 1.165) is 43.7 Å². The first-order valence-electron chi connectivity index (χ1n) is 9.35. The first-order valence-corrected chi connectivity index (χ1v) is 9.35. The molecule has 1 aromatic carbocycles. The van der Waals surface area contributed by atoms with Crippen LogP contribution >= 0.6 is 12.4 Å². The summed E-state index contributed by atoms with van der Waals surface area (Å²) in [4.78, 5) is 14.7. The molecule has 152 valence electrons. The second-order valence-electron chi connectivity index (χ2n) is 7.02. The summed E-state index contributed by atoms with van der Waals surface area (Å²) in [6.45, 7) is 3.14. The predicted molar refractivity (Wildman–Crippen MR) is 106 cm³/mol. The molecule has 0 saturated carbocycles. The van der Waals surface area contributed by atoms with Gasteiger partial charge in [0, 0.05) is 13.1 Å². The average Bonchev–Trinajstić information content (AvgIpc) is 3.22. The van der Waals surface area contributed by atoms with Gasteiger partial charge in [0.1, 0.15) is 0 Å². The van der Waals surface area contributed by atoms with Crippen molar-refractivity contribution in [3.63, 3.8) is 0 Å². The summed E-state index contributed by atoms with van der Waals surface area (Å²) in [5.41, 5.74) is 2.69. The minimum Gasteiger partial charge on any atom is -0.493 e. The number of hydrogen-bond acceptors (Lipinski definition) is 6. The van der Waals surface area contributed by atoms with Gasteiger partial charge in [0.15, 0.2) is 17.2 Å². The fourth-order valence-corrected chi connectivity index (χ4v) is 3.84. The number of methoxy groups -OCH3 is 2. The Bertz CT molecular complexity index is 835. The smallest absolute Gasteiger partial charge is 0.276 e. The van der Waals surface area contributed by atoms with E-state index < -0.39 is 0 Å². The summed E-state index contributed by atoms with van der Waals surface area (Å²) in [5.74, 6) is 1.33. The first-order chi connectivity index (χ1) is 13.2. The van der Waals surface area contributed by atoms with Gasteiger partial charge in [-0.2, -0.15) is 0 Å². The second kappa shape index (κ2) is 8.79.